The van der Waals surface area contributed by atoms with Gasteiger partial charge in [-0.1, -0.05) is 53.7 Å². The first-order valence-corrected chi connectivity index (χ1v) is 8.98. The van der Waals surface area contributed by atoms with Crippen LogP contribution in [-0.2, 0) is 11.3 Å². The van der Waals surface area contributed by atoms with Crippen LogP contribution in [0, 0.1) is 6.92 Å². The zero-order valence-corrected chi connectivity index (χ0v) is 14.8. The maximum absolute atomic E-state index is 12.0. The molecule has 3 nitrogen and oxygen atoms in total. The summed E-state index contributed by atoms with van der Waals surface area (Å²) in [5.74, 6) is 0.318. The molecule has 5 heteroatoms. The predicted octanol–water partition coefficient (Wildman–Crippen LogP) is 4.61. The summed E-state index contributed by atoms with van der Waals surface area (Å²) in [5.41, 5.74) is 3.11. The SMILES string of the molecule is Cc1cc(SCC(=O)NCc2cccc(Cl)c2)nc2ccccc12. The van der Waals surface area contributed by atoms with Crippen molar-refractivity contribution in [1.82, 2.24) is 10.3 Å². The van der Waals surface area contributed by atoms with Gasteiger partial charge in [-0.15, -0.1) is 0 Å². The number of halogens is 1. The molecular formula is C19H17ClN2OS. The van der Waals surface area contributed by atoms with E-state index in [4.69, 9.17) is 11.6 Å². The van der Waals surface area contributed by atoms with Gasteiger partial charge in [-0.2, -0.15) is 0 Å². The van der Waals surface area contributed by atoms with Gasteiger partial charge >= 0.3 is 0 Å². The third-order valence-corrected chi connectivity index (χ3v) is 4.78. The average molecular weight is 357 g/mol. The average Bonchev–Trinajstić information content (AvgIpc) is 2.58. The second kappa shape index (κ2) is 7.69. The lowest BCUT2D eigenvalue weighted by atomic mass is 10.1. The van der Waals surface area contributed by atoms with E-state index in [9.17, 15) is 4.79 Å². The summed E-state index contributed by atoms with van der Waals surface area (Å²) in [5, 5.41) is 5.59. The Morgan fingerprint density at radius 3 is 2.83 bits per heavy atom. The molecule has 0 aliphatic carbocycles. The summed E-state index contributed by atoms with van der Waals surface area (Å²) in [6.07, 6.45) is 0. The molecule has 3 rings (SSSR count). The first kappa shape index (κ1) is 16.8. The number of nitrogens with one attached hydrogen (secondary N) is 1. The molecule has 0 aliphatic rings. The van der Waals surface area contributed by atoms with Crippen LogP contribution in [0.2, 0.25) is 5.02 Å². The van der Waals surface area contributed by atoms with Gasteiger partial charge in [0.05, 0.1) is 16.3 Å². The summed E-state index contributed by atoms with van der Waals surface area (Å²) < 4.78 is 0. The first-order valence-electron chi connectivity index (χ1n) is 7.62. The normalized spacial score (nSPS) is 10.8. The maximum atomic E-state index is 12.0. The number of fused-ring (bicyclic) bond motifs is 1. The van der Waals surface area contributed by atoms with Gasteiger partial charge in [0.15, 0.2) is 0 Å². The van der Waals surface area contributed by atoms with Crippen molar-refractivity contribution in [3.63, 3.8) is 0 Å². The number of benzene rings is 2. The Balaban J connectivity index is 1.58. The van der Waals surface area contributed by atoms with Crippen LogP contribution in [0.25, 0.3) is 10.9 Å². The summed E-state index contributed by atoms with van der Waals surface area (Å²) in [6.45, 7) is 2.54. The molecule has 2 aromatic carbocycles. The van der Waals surface area contributed by atoms with E-state index in [0.717, 1.165) is 21.5 Å². The fourth-order valence-electron chi connectivity index (χ4n) is 2.43. The molecule has 1 aromatic heterocycles. The highest BCUT2D eigenvalue weighted by atomic mass is 35.5. The lowest BCUT2D eigenvalue weighted by Gasteiger charge is -2.07. The molecule has 0 atom stereocenters. The summed E-state index contributed by atoms with van der Waals surface area (Å²) in [7, 11) is 0. The number of rotatable bonds is 5. The molecule has 1 heterocycles. The number of thioether (sulfide) groups is 1. The summed E-state index contributed by atoms with van der Waals surface area (Å²) >= 11 is 7.39. The number of aromatic nitrogens is 1. The molecular weight excluding hydrogens is 340 g/mol. The van der Waals surface area contributed by atoms with Crippen molar-refractivity contribution in [2.24, 2.45) is 0 Å². The molecule has 24 heavy (non-hydrogen) atoms. The number of hydrogen-bond acceptors (Lipinski definition) is 3. The maximum Gasteiger partial charge on any atom is 0.230 e. The fourth-order valence-corrected chi connectivity index (χ4v) is 3.45. The highest BCUT2D eigenvalue weighted by molar-refractivity contribution is 7.99. The quantitative estimate of drug-likeness (QED) is 0.679. The van der Waals surface area contributed by atoms with E-state index in [2.05, 4.69) is 23.3 Å². The van der Waals surface area contributed by atoms with E-state index >= 15 is 0 Å². The number of aryl methyl sites for hydroxylation is 1. The van der Waals surface area contributed by atoms with Crippen LogP contribution >= 0.6 is 23.4 Å². The summed E-state index contributed by atoms with van der Waals surface area (Å²) in [6, 6.07) is 17.5. The minimum Gasteiger partial charge on any atom is -0.351 e. The zero-order chi connectivity index (χ0) is 16.9. The highest BCUT2D eigenvalue weighted by Gasteiger charge is 2.07. The van der Waals surface area contributed by atoms with Crippen LogP contribution in [0.4, 0.5) is 0 Å². The minimum absolute atomic E-state index is 0.0208. The van der Waals surface area contributed by atoms with Gasteiger partial charge in [0.25, 0.3) is 0 Å². The monoisotopic (exact) mass is 356 g/mol. The second-order valence-corrected chi connectivity index (χ2v) is 6.92. The van der Waals surface area contributed by atoms with Gasteiger partial charge in [0, 0.05) is 17.0 Å². The van der Waals surface area contributed by atoms with E-state index in [-0.39, 0.29) is 5.91 Å². The van der Waals surface area contributed by atoms with Crippen molar-refractivity contribution in [2.45, 2.75) is 18.5 Å². The number of carbonyl (C=O) groups excluding carboxylic acids is 1. The molecule has 0 bridgehead atoms. The standard InChI is InChI=1S/C19H17ClN2OS/c1-13-9-19(22-17-8-3-2-7-16(13)17)24-12-18(23)21-11-14-5-4-6-15(20)10-14/h2-10H,11-12H2,1H3,(H,21,23). The predicted molar refractivity (Wildman–Crippen MR) is 101 cm³/mol. The number of nitrogens with zero attached hydrogens (tertiary/aromatic N) is 1. The highest BCUT2D eigenvalue weighted by Crippen LogP contribution is 2.23. The third kappa shape index (κ3) is 4.28. The molecule has 0 spiro atoms. The Kier molecular flexibility index (Phi) is 5.38. The molecule has 122 valence electrons. The third-order valence-electron chi connectivity index (χ3n) is 3.63. The molecule has 0 unspecified atom stereocenters. The second-order valence-electron chi connectivity index (χ2n) is 5.49. The smallest absolute Gasteiger partial charge is 0.230 e. The van der Waals surface area contributed by atoms with Gasteiger partial charge in [-0.3, -0.25) is 4.79 Å². The Morgan fingerprint density at radius 1 is 1.17 bits per heavy atom. The number of amides is 1. The van der Waals surface area contributed by atoms with Crippen molar-refractivity contribution in [2.75, 3.05) is 5.75 Å². The van der Waals surface area contributed by atoms with Gasteiger partial charge in [0.2, 0.25) is 5.91 Å². The molecule has 0 saturated carbocycles. The van der Waals surface area contributed by atoms with E-state index in [0.29, 0.717) is 17.3 Å². The van der Waals surface area contributed by atoms with Crippen molar-refractivity contribution in [1.29, 1.82) is 0 Å². The molecule has 0 radical (unpaired) electrons. The Hall–Kier alpha value is -2.04. The van der Waals surface area contributed by atoms with Gasteiger partial charge in [-0.25, -0.2) is 4.98 Å². The van der Waals surface area contributed by atoms with Crippen LogP contribution in [0.5, 0.6) is 0 Å². The van der Waals surface area contributed by atoms with Crippen molar-refractivity contribution < 1.29 is 4.79 Å². The fraction of sp³-hybridized carbons (Fsp3) is 0.158. The molecule has 0 fully saturated rings. The number of carbonyl (C=O) groups is 1. The van der Waals surface area contributed by atoms with E-state index in [1.54, 1.807) is 0 Å². The summed E-state index contributed by atoms with van der Waals surface area (Å²) in [4.78, 5) is 16.6. The van der Waals surface area contributed by atoms with Crippen LogP contribution < -0.4 is 5.32 Å². The van der Waals surface area contributed by atoms with Crippen molar-refractivity contribution >= 4 is 40.2 Å². The molecule has 1 amide bonds. The van der Waals surface area contributed by atoms with E-state index in [1.165, 1.54) is 17.3 Å². The number of para-hydroxylation sites is 1. The Bertz CT molecular complexity index is 882. The number of pyridine rings is 1. The van der Waals surface area contributed by atoms with Gasteiger partial charge < -0.3 is 5.32 Å². The van der Waals surface area contributed by atoms with Gasteiger partial charge in [0.1, 0.15) is 0 Å². The lowest BCUT2D eigenvalue weighted by Crippen LogP contribution is -2.24. The zero-order valence-electron chi connectivity index (χ0n) is 13.3. The molecule has 3 aromatic rings. The van der Waals surface area contributed by atoms with E-state index in [1.807, 2.05) is 48.5 Å². The van der Waals surface area contributed by atoms with Crippen LogP contribution in [0.3, 0.4) is 0 Å². The van der Waals surface area contributed by atoms with Crippen LogP contribution in [0.1, 0.15) is 11.1 Å². The van der Waals surface area contributed by atoms with E-state index < -0.39 is 0 Å². The minimum atomic E-state index is -0.0208. The molecule has 0 aliphatic heterocycles. The largest absolute Gasteiger partial charge is 0.351 e. The van der Waals surface area contributed by atoms with Crippen molar-refractivity contribution in [3.05, 3.63) is 70.7 Å². The molecule has 1 N–H and O–H groups in total. The van der Waals surface area contributed by atoms with Crippen LogP contribution in [0.15, 0.2) is 59.6 Å². The van der Waals surface area contributed by atoms with Crippen LogP contribution in [-0.4, -0.2) is 16.6 Å². The number of hydrogen-bond donors (Lipinski definition) is 1. The Morgan fingerprint density at radius 2 is 2.00 bits per heavy atom. The van der Waals surface area contributed by atoms with Gasteiger partial charge in [-0.05, 0) is 42.3 Å². The van der Waals surface area contributed by atoms with Crippen molar-refractivity contribution in [3.8, 4) is 0 Å². The Labute approximate surface area is 150 Å². The first-order chi connectivity index (χ1) is 11.6. The lowest BCUT2D eigenvalue weighted by molar-refractivity contribution is -0.118. The molecule has 0 saturated heterocycles. The topological polar surface area (TPSA) is 42.0 Å².